The van der Waals surface area contributed by atoms with Crippen LogP contribution in [0.1, 0.15) is 222 Å². The molecule has 8 aromatic carbocycles. The zero-order chi connectivity index (χ0) is 69.2. The van der Waals surface area contributed by atoms with Crippen LogP contribution >= 0.6 is 0 Å². The summed E-state index contributed by atoms with van der Waals surface area (Å²) in [6, 6.07) is 63.7. The highest BCUT2D eigenvalue weighted by Gasteiger charge is 2.54. The molecule has 0 spiro atoms. The predicted octanol–water partition coefficient (Wildman–Crippen LogP) is 23.2. The second-order valence-electron chi connectivity index (χ2n) is 35.5. The van der Waals surface area contributed by atoms with Crippen molar-refractivity contribution in [2.45, 2.75) is 209 Å². The maximum Gasteiger partial charge on any atom is 0.239 e. The highest BCUT2D eigenvalue weighted by Crippen LogP contribution is 2.64. The predicted molar refractivity (Wildman–Crippen MR) is 409 cm³/mol. The standard InChI is InChI=1S/C88H101N8/c1-81(2,3)61-45-33-49-65(69(61)85(13,14)15)94-76-56-40-28-29-41-57(56)77(94)92-75-55-39-27-31-43-59(55)79(93-75)96(67-51-35-47-63(83(7,8)9)71(67)87(19,20)21,68-52-36-48-64(84(10,11)12)72(68)88(22,23)24)80-60-44-32-30-42-58(60)78(91-74-54-38-26-25-37-53(54)73(89-74)90-76)95(80)66-50-34-46-62(82(4,5)6)70(66)86(16,17)18/h25-52,93H,1-24H3/q+1. The van der Waals surface area contributed by atoms with Crippen molar-refractivity contribution < 1.29 is 0 Å². The van der Waals surface area contributed by atoms with Gasteiger partial charge in [0.05, 0.1) is 22.1 Å². The molecule has 3 aromatic heterocycles. The molecule has 13 rings (SSSR count). The number of nitrogens with one attached hydrogen (secondary N) is 1. The number of fused-ring (bicyclic) bond motifs is 19. The number of aromatic amines is 1. The molecular formula is C88H101N8+. The van der Waals surface area contributed by atoms with Crippen LogP contribution in [0.25, 0.3) is 43.7 Å². The van der Waals surface area contributed by atoms with Gasteiger partial charge in [0.25, 0.3) is 0 Å². The number of amidine groups is 2. The fourth-order valence-corrected chi connectivity index (χ4v) is 16.1. The van der Waals surface area contributed by atoms with E-state index >= 15 is 0 Å². The van der Waals surface area contributed by atoms with Gasteiger partial charge in [-0.15, -0.1) is 0 Å². The molecule has 2 aliphatic heterocycles. The second kappa shape index (κ2) is 22.2. The summed E-state index contributed by atoms with van der Waals surface area (Å²) in [5.74, 6) is 4.67. The summed E-state index contributed by atoms with van der Waals surface area (Å²) in [6.45, 7) is 57.1. The fourth-order valence-electron chi connectivity index (χ4n) is 16.1. The third kappa shape index (κ3) is 10.6. The monoisotopic (exact) mass is 1270 g/mol. The molecule has 2 aliphatic rings. The van der Waals surface area contributed by atoms with E-state index in [4.69, 9.17) is 20.0 Å². The quantitative estimate of drug-likeness (QED) is 0.171. The van der Waals surface area contributed by atoms with E-state index in [1.165, 1.54) is 44.5 Å². The highest BCUT2D eigenvalue weighted by molar-refractivity contribution is 6.24. The molecule has 8 heteroatoms. The first kappa shape index (κ1) is 65.9. The third-order valence-corrected chi connectivity index (χ3v) is 19.9. The molecule has 492 valence electrons. The number of nitrogens with zero attached hydrogens (tertiary/aromatic N) is 7. The number of aromatic nitrogens is 3. The van der Waals surface area contributed by atoms with Crippen LogP contribution in [0.4, 0.5) is 34.6 Å². The molecule has 5 heterocycles. The summed E-state index contributed by atoms with van der Waals surface area (Å²) < 4.78 is 5.06. The molecule has 0 amide bonds. The van der Waals surface area contributed by atoms with Gasteiger partial charge in [-0.2, -0.15) is 4.48 Å². The number of benzene rings is 8. The van der Waals surface area contributed by atoms with Gasteiger partial charge >= 0.3 is 0 Å². The lowest BCUT2D eigenvalue weighted by Gasteiger charge is -2.44. The minimum absolute atomic E-state index is 0.0903. The molecule has 0 saturated heterocycles. The van der Waals surface area contributed by atoms with E-state index in [0.29, 0.717) is 11.7 Å². The van der Waals surface area contributed by atoms with Gasteiger partial charge in [-0.25, -0.2) is 24.5 Å². The molecule has 0 unspecified atom stereocenters. The van der Waals surface area contributed by atoms with Crippen molar-refractivity contribution in [1.29, 1.82) is 0 Å². The Morgan fingerprint density at radius 1 is 0.292 bits per heavy atom. The van der Waals surface area contributed by atoms with E-state index in [1.54, 1.807) is 0 Å². The van der Waals surface area contributed by atoms with Gasteiger partial charge in [-0.05, 0) is 101 Å². The maximum atomic E-state index is 6.31. The number of hydrogen-bond acceptors (Lipinski definition) is 4. The Morgan fingerprint density at radius 2 is 0.646 bits per heavy atom. The van der Waals surface area contributed by atoms with Crippen LogP contribution in [0.15, 0.2) is 190 Å². The summed E-state index contributed by atoms with van der Waals surface area (Å²) >= 11 is 0. The van der Waals surface area contributed by atoms with Gasteiger partial charge in [0.1, 0.15) is 16.8 Å². The van der Waals surface area contributed by atoms with Gasteiger partial charge < -0.3 is 0 Å². The van der Waals surface area contributed by atoms with Gasteiger partial charge in [-0.1, -0.05) is 300 Å². The molecule has 0 saturated carbocycles. The summed E-state index contributed by atoms with van der Waals surface area (Å²) in [7, 11) is 0. The van der Waals surface area contributed by atoms with E-state index in [2.05, 4.69) is 350 Å². The Balaban J connectivity index is 1.44. The van der Waals surface area contributed by atoms with Gasteiger partial charge in [-0.3, -0.25) is 9.55 Å². The molecule has 0 aliphatic carbocycles. The van der Waals surface area contributed by atoms with Gasteiger partial charge in [0, 0.05) is 55.9 Å². The van der Waals surface area contributed by atoms with Crippen molar-refractivity contribution in [1.82, 2.24) is 18.6 Å². The van der Waals surface area contributed by atoms with Crippen LogP contribution in [-0.2, 0) is 43.3 Å². The molecule has 96 heavy (non-hydrogen) atoms. The summed E-state index contributed by atoms with van der Waals surface area (Å²) in [4.78, 5) is 28.8. The molecule has 1 N–H and O–H groups in total. The number of quaternary nitrogens is 1. The average molecular weight is 1270 g/mol. The lowest BCUT2D eigenvalue weighted by atomic mass is 9.72. The van der Waals surface area contributed by atoms with Crippen LogP contribution in [0, 0.1) is 0 Å². The van der Waals surface area contributed by atoms with Crippen LogP contribution < -0.4 is 15.5 Å². The summed E-state index contributed by atoms with van der Waals surface area (Å²) in [5.41, 5.74) is 15.2. The largest absolute Gasteiger partial charge is 0.293 e. The first-order chi connectivity index (χ1) is 44.7. The van der Waals surface area contributed by atoms with Crippen LogP contribution in [0.2, 0.25) is 0 Å². The maximum absolute atomic E-state index is 6.31. The van der Waals surface area contributed by atoms with Crippen LogP contribution in [0.3, 0.4) is 0 Å². The van der Waals surface area contributed by atoms with E-state index in [-0.39, 0.29) is 37.0 Å². The van der Waals surface area contributed by atoms with E-state index in [0.717, 1.165) is 100 Å². The van der Waals surface area contributed by atoms with Crippen molar-refractivity contribution in [3.63, 3.8) is 0 Å². The Hall–Kier alpha value is -8.72. The van der Waals surface area contributed by atoms with Gasteiger partial charge in [0.2, 0.25) is 11.6 Å². The van der Waals surface area contributed by atoms with Crippen molar-refractivity contribution in [3.05, 3.63) is 236 Å². The van der Waals surface area contributed by atoms with E-state index in [9.17, 15) is 0 Å². The first-order valence-electron chi connectivity index (χ1n) is 34.8. The zero-order valence-corrected chi connectivity index (χ0v) is 61.8. The second-order valence-corrected chi connectivity index (χ2v) is 35.5. The van der Waals surface area contributed by atoms with E-state index < -0.39 is 10.8 Å². The van der Waals surface area contributed by atoms with E-state index in [1.807, 2.05) is 0 Å². The zero-order valence-electron chi connectivity index (χ0n) is 61.8. The number of hydrogen-bond donors (Lipinski definition) is 1. The minimum Gasteiger partial charge on any atom is -0.293 e. The van der Waals surface area contributed by atoms with Crippen molar-refractivity contribution >= 4 is 78.6 Å². The minimum atomic E-state index is -0.428. The number of H-pyrrole nitrogens is 1. The number of rotatable bonds is 4. The van der Waals surface area contributed by atoms with Crippen molar-refractivity contribution in [3.8, 4) is 11.4 Å². The van der Waals surface area contributed by atoms with Crippen molar-refractivity contribution in [2.24, 2.45) is 20.0 Å². The molecule has 11 aromatic rings. The van der Waals surface area contributed by atoms with Crippen LogP contribution in [0.5, 0.6) is 0 Å². The first-order valence-corrected chi connectivity index (χ1v) is 34.8. The van der Waals surface area contributed by atoms with Crippen molar-refractivity contribution in [2.75, 3.05) is 0 Å². The lowest BCUT2D eigenvalue weighted by Crippen LogP contribution is -2.41. The Morgan fingerprint density at radius 3 is 1.08 bits per heavy atom. The highest BCUT2D eigenvalue weighted by atomic mass is 15.5. The molecule has 0 radical (unpaired) electrons. The Labute approximate surface area is 571 Å². The third-order valence-electron chi connectivity index (χ3n) is 19.9. The Kier molecular flexibility index (Phi) is 15.2. The summed E-state index contributed by atoms with van der Waals surface area (Å²) in [6.07, 6.45) is 0. The fraction of sp³-hybridized carbons (Fsp3) is 0.364. The molecule has 0 fully saturated rings. The molecular weight excluding hydrogens is 1170 g/mol. The number of aliphatic imine (C=N–C) groups is 2. The SMILES string of the molecule is CC(C)(C)c1cccc(-n2c3c4ccccc4c2[N+](c2cccc(C(C)(C)C)c2C(C)(C)C)(c2cccc(C(C)(C)C)c2C(C)(C)C)c2[nH]c(c4ccccc24)N=c2c4ccccc4c(n2-c2cccc(C(C)(C)C)c2C(C)(C)C)=NC2=NC(=N3)c3ccccc32)c1C(C)(C)C. The average Bonchev–Trinajstić information content (AvgIpc) is 1.41. The lowest BCUT2D eigenvalue weighted by molar-refractivity contribution is 0.503. The topological polar surface area (TPSA) is 75.1 Å². The molecule has 8 bridgehead atoms. The Bertz CT molecular complexity index is 5100. The van der Waals surface area contributed by atoms with Crippen LogP contribution in [-0.4, -0.2) is 25.8 Å². The smallest absolute Gasteiger partial charge is 0.239 e. The summed E-state index contributed by atoms with van der Waals surface area (Å²) in [5, 5.41) is 6.03. The molecule has 8 nitrogen and oxygen atoms in total. The normalized spacial score (nSPS) is 14.8. The van der Waals surface area contributed by atoms with Gasteiger partial charge in [0.15, 0.2) is 28.9 Å². The molecule has 0 atom stereocenters.